The van der Waals surface area contributed by atoms with Crippen LogP contribution in [0.2, 0.25) is 0 Å². The van der Waals surface area contributed by atoms with Crippen molar-refractivity contribution in [1.29, 1.82) is 0 Å². The first kappa shape index (κ1) is 13.4. The highest BCUT2D eigenvalue weighted by atomic mass is 16.4. The SMILES string of the molecule is CC(Nc1c(N)cccc1C(=O)O)C(C)(C)C. The van der Waals surface area contributed by atoms with Gasteiger partial charge in [-0.05, 0) is 24.5 Å². The second kappa shape index (κ2) is 4.65. The number of nitrogen functional groups attached to an aromatic ring is 1. The minimum atomic E-state index is -0.971. The van der Waals surface area contributed by atoms with Gasteiger partial charge in [0.1, 0.15) is 0 Å². The summed E-state index contributed by atoms with van der Waals surface area (Å²) in [5, 5.41) is 12.3. The van der Waals surface area contributed by atoms with Gasteiger partial charge in [0, 0.05) is 6.04 Å². The molecule has 0 amide bonds. The number of hydrogen-bond acceptors (Lipinski definition) is 3. The molecule has 0 aliphatic rings. The zero-order valence-electron chi connectivity index (χ0n) is 10.7. The molecule has 1 rings (SSSR count). The molecule has 0 heterocycles. The molecule has 4 nitrogen and oxygen atoms in total. The van der Waals surface area contributed by atoms with Crippen molar-refractivity contribution >= 4 is 17.3 Å². The Morgan fingerprint density at radius 3 is 2.47 bits per heavy atom. The maximum Gasteiger partial charge on any atom is 0.337 e. The smallest absolute Gasteiger partial charge is 0.337 e. The van der Waals surface area contributed by atoms with Crippen LogP contribution in [0.1, 0.15) is 38.1 Å². The lowest BCUT2D eigenvalue weighted by molar-refractivity contribution is 0.0698. The summed E-state index contributed by atoms with van der Waals surface area (Å²) in [6.07, 6.45) is 0. The summed E-state index contributed by atoms with van der Waals surface area (Å²) in [7, 11) is 0. The lowest BCUT2D eigenvalue weighted by Gasteiger charge is -2.30. The third-order valence-corrected chi connectivity index (χ3v) is 2.99. The summed E-state index contributed by atoms with van der Waals surface area (Å²) in [4.78, 5) is 11.1. The highest BCUT2D eigenvalue weighted by Gasteiger charge is 2.22. The predicted molar refractivity (Wildman–Crippen MR) is 70.4 cm³/mol. The van der Waals surface area contributed by atoms with E-state index in [4.69, 9.17) is 10.8 Å². The van der Waals surface area contributed by atoms with Gasteiger partial charge >= 0.3 is 5.97 Å². The molecule has 0 aliphatic carbocycles. The molecule has 0 aliphatic heterocycles. The van der Waals surface area contributed by atoms with Crippen LogP contribution >= 0.6 is 0 Å². The molecule has 1 aromatic carbocycles. The fourth-order valence-electron chi connectivity index (χ4n) is 1.34. The fourth-order valence-corrected chi connectivity index (χ4v) is 1.34. The number of anilines is 2. The average molecular weight is 236 g/mol. The maximum atomic E-state index is 11.1. The molecule has 0 saturated carbocycles. The van der Waals surface area contributed by atoms with Crippen LogP contribution in [0.3, 0.4) is 0 Å². The Morgan fingerprint density at radius 2 is 2.00 bits per heavy atom. The van der Waals surface area contributed by atoms with E-state index in [2.05, 4.69) is 26.1 Å². The zero-order valence-corrected chi connectivity index (χ0v) is 10.7. The number of nitrogens with one attached hydrogen (secondary N) is 1. The van der Waals surface area contributed by atoms with Gasteiger partial charge in [0.2, 0.25) is 0 Å². The van der Waals surface area contributed by atoms with Crippen molar-refractivity contribution in [2.45, 2.75) is 33.7 Å². The minimum absolute atomic E-state index is 0.0258. The van der Waals surface area contributed by atoms with E-state index in [9.17, 15) is 4.79 Å². The molecule has 0 radical (unpaired) electrons. The van der Waals surface area contributed by atoms with E-state index in [1.165, 1.54) is 0 Å². The lowest BCUT2D eigenvalue weighted by atomic mass is 9.87. The minimum Gasteiger partial charge on any atom is -0.478 e. The summed E-state index contributed by atoms with van der Waals surface area (Å²) in [5.41, 5.74) is 7.02. The molecule has 1 aromatic rings. The van der Waals surface area contributed by atoms with Crippen LogP contribution in [0.25, 0.3) is 0 Å². The Hall–Kier alpha value is -1.71. The van der Waals surface area contributed by atoms with Gasteiger partial charge in [0.05, 0.1) is 16.9 Å². The third-order valence-electron chi connectivity index (χ3n) is 2.99. The summed E-state index contributed by atoms with van der Waals surface area (Å²) < 4.78 is 0. The van der Waals surface area contributed by atoms with Crippen molar-refractivity contribution in [1.82, 2.24) is 0 Å². The van der Waals surface area contributed by atoms with Crippen LogP contribution in [0.5, 0.6) is 0 Å². The van der Waals surface area contributed by atoms with E-state index in [0.29, 0.717) is 11.4 Å². The molecular weight excluding hydrogens is 216 g/mol. The summed E-state index contributed by atoms with van der Waals surface area (Å²) >= 11 is 0. The highest BCUT2D eigenvalue weighted by Crippen LogP contribution is 2.28. The van der Waals surface area contributed by atoms with E-state index in [0.717, 1.165) is 0 Å². The molecule has 0 spiro atoms. The third kappa shape index (κ3) is 3.12. The number of aromatic carboxylic acids is 1. The van der Waals surface area contributed by atoms with E-state index in [1.807, 2.05) is 6.92 Å². The van der Waals surface area contributed by atoms with Crippen molar-refractivity contribution in [2.75, 3.05) is 11.1 Å². The number of nitrogens with two attached hydrogens (primary N) is 1. The Kier molecular flexibility index (Phi) is 3.66. The van der Waals surface area contributed by atoms with Crippen LogP contribution in [-0.2, 0) is 0 Å². The largest absolute Gasteiger partial charge is 0.478 e. The maximum absolute atomic E-state index is 11.1. The first-order chi connectivity index (χ1) is 7.73. The number of carboxylic acids is 1. The monoisotopic (exact) mass is 236 g/mol. The first-order valence-electron chi connectivity index (χ1n) is 5.62. The quantitative estimate of drug-likeness (QED) is 0.705. The highest BCUT2D eigenvalue weighted by molar-refractivity contribution is 5.97. The van der Waals surface area contributed by atoms with Gasteiger partial charge in [-0.25, -0.2) is 4.79 Å². The topological polar surface area (TPSA) is 75.3 Å². The average Bonchev–Trinajstić information content (AvgIpc) is 2.18. The van der Waals surface area contributed by atoms with E-state index in [1.54, 1.807) is 18.2 Å². The van der Waals surface area contributed by atoms with Crippen LogP contribution in [0.4, 0.5) is 11.4 Å². The van der Waals surface area contributed by atoms with Crippen LogP contribution < -0.4 is 11.1 Å². The molecule has 0 aromatic heterocycles. The summed E-state index contributed by atoms with van der Waals surface area (Å²) in [6.45, 7) is 8.27. The van der Waals surface area contributed by atoms with Crippen molar-refractivity contribution in [2.24, 2.45) is 5.41 Å². The second-order valence-corrected chi connectivity index (χ2v) is 5.31. The molecular formula is C13H20N2O2. The lowest BCUT2D eigenvalue weighted by Crippen LogP contribution is -2.31. The molecule has 1 atom stereocenters. The summed E-state index contributed by atoms with van der Waals surface area (Å²) in [5.74, 6) is -0.971. The normalized spacial score (nSPS) is 13.2. The van der Waals surface area contributed by atoms with Crippen molar-refractivity contribution in [3.63, 3.8) is 0 Å². The predicted octanol–water partition coefficient (Wildman–Crippen LogP) is 2.81. The van der Waals surface area contributed by atoms with Gasteiger partial charge in [-0.1, -0.05) is 26.8 Å². The van der Waals surface area contributed by atoms with E-state index < -0.39 is 5.97 Å². The van der Waals surface area contributed by atoms with E-state index in [-0.39, 0.29) is 17.0 Å². The Bertz CT molecular complexity index is 422. The van der Waals surface area contributed by atoms with Gasteiger partial charge in [-0.3, -0.25) is 0 Å². The summed E-state index contributed by atoms with van der Waals surface area (Å²) in [6, 6.07) is 5.01. The number of rotatable bonds is 3. The van der Waals surface area contributed by atoms with Gasteiger partial charge in [-0.15, -0.1) is 0 Å². The first-order valence-corrected chi connectivity index (χ1v) is 5.62. The standard InChI is InChI=1S/C13H20N2O2/c1-8(13(2,3)4)15-11-9(12(16)17)6-5-7-10(11)14/h5-8,15H,14H2,1-4H3,(H,16,17). The molecule has 4 N–H and O–H groups in total. The Morgan fingerprint density at radius 1 is 1.41 bits per heavy atom. The van der Waals surface area contributed by atoms with Gasteiger partial charge in [-0.2, -0.15) is 0 Å². The number of benzene rings is 1. The Balaban J connectivity index is 3.09. The van der Waals surface area contributed by atoms with Crippen molar-refractivity contribution < 1.29 is 9.90 Å². The molecule has 94 valence electrons. The fraction of sp³-hybridized carbons (Fsp3) is 0.462. The zero-order chi connectivity index (χ0) is 13.2. The van der Waals surface area contributed by atoms with E-state index >= 15 is 0 Å². The van der Waals surface area contributed by atoms with Gasteiger partial charge < -0.3 is 16.2 Å². The molecule has 4 heteroatoms. The molecule has 17 heavy (non-hydrogen) atoms. The van der Waals surface area contributed by atoms with Crippen molar-refractivity contribution in [3.8, 4) is 0 Å². The number of para-hydroxylation sites is 1. The number of carbonyl (C=O) groups is 1. The molecule has 1 unspecified atom stereocenters. The molecule has 0 fully saturated rings. The molecule has 0 bridgehead atoms. The van der Waals surface area contributed by atoms with Crippen LogP contribution in [0, 0.1) is 5.41 Å². The Labute approximate surface area is 102 Å². The van der Waals surface area contributed by atoms with Crippen LogP contribution in [-0.4, -0.2) is 17.1 Å². The van der Waals surface area contributed by atoms with Crippen molar-refractivity contribution in [3.05, 3.63) is 23.8 Å². The van der Waals surface area contributed by atoms with Gasteiger partial charge in [0.25, 0.3) is 0 Å². The second-order valence-electron chi connectivity index (χ2n) is 5.31. The molecule has 0 saturated heterocycles. The number of carboxylic acid groups (broad SMARTS) is 1. The van der Waals surface area contributed by atoms with Crippen LogP contribution in [0.15, 0.2) is 18.2 Å². The number of hydrogen-bond donors (Lipinski definition) is 3. The van der Waals surface area contributed by atoms with Gasteiger partial charge in [0.15, 0.2) is 0 Å².